The zero-order chi connectivity index (χ0) is 17.4. The van der Waals surface area contributed by atoms with E-state index in [9.17, 15) is 9.90 Å². The molecule has 5 nitrogen and oxygen atoms in total. The minimum atomic E-state index is -0.222. The zero-order valence-corrected chi connectivity index (χ0v) is 14.3. The number of phenols is 1. The third-order valence-corrected chi connectivity index (χ3v) is 5.00. The fourth-order valence-electron chi connectivity index (χ4n) is 3.23. The predicted molar refractivity (Wildman–Crippen MR) is 97.4 cm³/mol. The number of pyridine rings is 1. The third kappa shape index (κ3) is 3.20. The molecule has 1 aliphatic carbocycles. The second kappa shape index (κ2) is 6.08. The molecule has 0 unspecified atom stereocenters. The Labute approximate surface area is 150 Å². The largest absolute Gasteiger partial charge is 0.508 e. The van der Waals surface area contributed by atoms with Crippen LogP contribution in [0.4, 0.5) is 5.69 Å². The topological polar surface area (TPSA) is 74.2 Å². The van der Waals surface area contributed by atoms with Gasteiger partial charge in [0.05, 0.1) is 23.4 Å². The normalized spacial score (nSPS) is 17.1. The first-order chi connectivity index (χ1) is 12.0. The molecule has 1 aromatic carbocycles. The van der Waals surface area contributed by atoms with Crippen LogP contribution in [0.25, 0.3) is 5.70 Å². The molecule has 6 heteroatoms. The number of hydrogen-bond donors (Lipinski definition) is 3. The number of aromatic hydroxyl groups is 1. The van der Waals surface area contributed by atoms with Gasteiger partial charge in [-0.2, -0.15) is 0 Å². The maximum Gasteiger partial charge on any atom is 0.228 e. The zero-order valence-electron chi connectivity index (χ0n) is 13.6. The number of halogens is 1. The van der Waals surface area contributed by atoms with Crippen LogP contribution in [0.3, 0.4) is 0 Å². The van der Waals surface area contributed by atoms with E-state index >= 15 is 0 Å². The Kier molecular flexibility index (Phi) is 3.88. The van der Waals surface area contributed by atoms with Crippen molar-refractivity contribution in [3.8, 4) is 5.75 Å². The summed E-state index contributed by atoms with van der Waals surface area (Å²) in [6.45, 7) is 0. The molecule has 1 amide bonds. The van der Waals surface area contributed by atoms with Gasteiger partial charge in [-0.05, 0) is 55.7 Å². The van der Waals surface area contributed by atoms with E-state index in [4.69, 9.17) is 11.6 Å². The summed E-state index contributed by atoms with van der Waals surface area (Å²) in [4.78, 5) is 16.6. The van der Waals surface area contributed by atoms with Crippen LogP contribution in [0.2, 0.25) is 5.02 Å². The predicted octanol–water partition coefficient (Wildman–Crippen LogP) is 3.49. The Balaban J connectivity index is 1.44. The fourth-order valence-corrected chi connectivity index (χ4v) is 3.43. The van der Waals surface area contributed by atoms with Gasteiger partial charge >= 0.3 is 0 Å². The lowest BCUT2D eigenvalue weighted by atomic mass is 9.71. The summed E-state index contributed by atoms with van der Waals surface area (Å²) in [5, 5.41) is 16.6. The van der Waals surface area contributed by atoms with E-state index in [1.807, 2.05) is 6.07 Å². The molecule has 1 aromatic heterocycles. The van der Waals surface area contributed by atoms with Gasteiger partial charge in [0.15, 0.2) is 0 Å². The lowest BCUT2D eigenvalue weighted by Gasteiger charge is -2.48. The average Bonchev–Trinajstić information content (AvgIpc) is 2.48. The molecule has 0 saturated heterocycles. The van der Waals surface area contributed by atoms with Crippen molar-refractivity contribution in [2.24, 2.45) is 0 Å². The van der Waals surface area contributed by atoms with Crippen molar-refractivity contribution in [3.63, 3.8) is 0 Å². The molecular weight excluding hydrogens is 338 g/mol. The van der Waals surface area contributed by atoms with Gasteiger partial charge in [0.2, 0.25) is 5.91 Å². The molecule has 2 aromatic rings. The number of amides is 1. The summed E-state index contributed by atoms with van der Waals surface area (Å²) in [5.74, 6) is -0.162. The van der Waals surface area contributed by atoms with E-state index in [0.717, 1.165) is 11.4 Å². The number of phenolic OH excluding ortho intramolecular Hbond substituents is 1. The molecule has 0 bridgehead atoms. The Morgan fingerprint density at radius 1 is 1.32 bits per heavy atom. The Morgan fingerprint density at radius 3 is 2.84 bits per heavy atom. The minimum absolute atomic E-state index is 0.0497. The van der Waals surface area contributed by atoms with Gasteiger partial charge in [-0.15, -0.1) is 0 Å². The molecule has 1 saturated carbocycles. The van der Waals surface area contributed by atoms with Crippen molar-refractivity contribution in [1.29, 1.82) is 0 Å². The number of carbonyl (C=O) groups is 1. The molecule has 2 heterocycles. The third-order valence-electron chi connectivity index (χ3n) is 4.76. The molecule has 3 N–H and O–H groups in total. The SMILES string of the molecule is O=C(Cc1cc(Cl)ccc1O)Nc1ccnc(C2=CC3(CCC3)N2)c1. The van der Waals surface area contributed by atoms with Crippen LogP contribution in [0.5, 0.6) is 5.75 Å². The molecule has 4 rings (SSSR count). The quantitative estimate of drug-likeness (QED) is 0.784. The number of nitrogens with zero attached hydrogens (tertiary/aromatic N) is 1. The molecule has 25 heavy (non-hydrogen) atoms. The lowest BCUT2D eigenvalue weighted by Crippen LogP contribution is -2.55. The van der Waals surface area contributed by atoms with E-state index in [2.05, 4.69) is 21.7 Å². The van der Waals surface area contributed by atoms with Crippen LogP contribution >= 0.6 is 11.6 Å². The summed E-state index contributed by atoms with van der Waals surface area (Å²) < 4.78 is 0. The summed E-state index contributed by atoms with van der Waals surface area (Å²) in [6.07, 6.45) is 7.57. The first kappa shape index (κ1) is 16.0. The number of nitrogens with one attached hydrogen (secondary N) is 2. The van der Waals surface area contributed by atoms with Crippen LogP contribution in [0.15, 0.2) is 42.6 Å². The lowest BCUT2D eigenvalue weighted by molar-refractivity contribution is -0.115. The molecule has 1 spiro atoms. The van der Waals surface area contributed by atoms with Crippen molar-refractivity contribution < 1.29 is 9.90 Å². The Hall–Kier alpha value is -2.53. The number of anilines is 1. The van der Waals surface area contributed by atoms with E-state index < -0.39 is 0 Å². The Bertz CT molecular complexity index is 875. The van der Waals surface area contributed by atoms with Crippen molar-refractivity contribution in [2.75, 3.05) is 5.32 Å². The van der Waals surface area contributed by atoms with E-state index in [-0.39, 0.29) is 23.6 Å². The van der Waals surface area contributed by atoms with Crippen molar-refractivity contribution >= 4 is 28.9 Å². The summed E-state index contributed by atoms with van der Waals surface area (Å²) in [7, 11) is 0. The number of carbonyl (C=O) groups excluding carboxylic acids is 1. The van der Waals surface area contributed by atoms with Crippen LogP contribution in [0.1, 0.15) is 30.5 Å². The van der Waals surface area contributed by atoms with Gasteiger partial charge in [-0.1, -0.05) is 11.6 Å². The van der Waals surface area contributed by atoms with E-state index in [0.29, 0.717) is 16.3 Å². The molecule has 1 aliphatic heterocycles. The monoisotopic (exact) mass is 355 g/mol. The minimum Gasteiger partial charge on any atom is -0.508 e. The van der Waals surface area contributed by atoms with Gasteiger partial charge in [0, 0.05) is 22.5 Å². The highest BCUT2D eigenvalue weighted by molar-refractivity contribution is 6.30. The second-order valence-corrected chi connectivity index (χ2v) is 7.06. The standard InChI is InChI=1S/C19H18ClN3O2/c20-13-2-3-17(24)12(8-13)9-18(25)22-14-4-7-21-15(10-14)16-11-19(23-16)5-1-6-19/h2-4,7-8,10-11,23-24H,1,5-6,9H2,(H,21,22,25). The van der Waals surface area contributed by atoms with Crippen LogP contribution in [-0.2, 0) is 11.2 Å². The van der Waals surface area contributed by atoms with E-state index in [1.54, 1.807) is 24.4 Å². The maximum atomic E-state index is 12.3. The smallest absolute Gasteiger partial charge is 0.228 e. The van der Waals surface area contributed by atoms with Crippen LogP contribution in [-0.4, -0.2) is 21.5 Å². The summed E-state index contributed by atoms with van der Waals surface area (Å²) in [6, 6.07) is 8.26. The number of hydrogen-bond acceptors (Lipinski definition) is 4. The second-order valence-electron chi connectivity index (χ2n) is 6.62. The number of benzene rings is 1. The molecule has 2 aliphatic rings. The highest BCUT2D eigenvalue weighted by Gasteiger charge is 2.42. The molecule has 128 valence electrons. The van der Waals surface area contributed by atoms with E-state index in [1.165, 1.54) is 25.3 Å². The van der Waals surface area contributed by atoms with Crippen LogP contribution < -0.4 is 10.6 Å². The van der Waals surface area contributed by atoms with Crippen molar-refractivity contribution in [1.82, 2.24) is 10.3 Å². The highest BCUT2D eigenvalue weighted by Crippen LogP contribution is 2.42. The van der Waals surface area contributed by atoms with Gasteiger partial charge in [-0.3, -0.25) is 9.78 Å². The maximum absolute atomic E-state index is 12.3. The summed E-state index contributed by atoms with van der Waals surface area (Å²) >= 11 is 5.91. The van der Waals surface area contributed by atoms with Gasteiger partial charge in [0.1, 0.15) is 5.75 Å². The first-order valence-corrected chi connectivity index (χ1v) is 8.66. The molecule has 1 fully saturated rings. The van der Waals surface area contributed by atoms with Crippen molar-refractivity contribution in [2.45, 2.75) is 31.2 Å². The first-order valence-electron chi connectivity index (χ1n) is 8.28. The molecule has 0 atom stereocenters. The summed E-state index contributed by atoms with van der Waals surface area (Å²) in [5.41, 5.74) is 3.20. The Morgan fingerprint density at radius 2 is 2.12 bits per heavy atom. The fraction of sp³-hybridized carbons (Fsp3) is 0.263. The van der Waals surface area contributed by atoms with Gasteiger partial charge in [0.25, 0.3) is 0 Å². The number of rotatable bonds is 4. The van der Waals surface area contributed by atoms with Crippen LogP contribution in [0, 0.1) is 0 Å². The average molecular weight is 356 g/mol. The van der Waals surface area contributed by atoms with Gasteiger partial charge in [-0.25, -0.2) is 0 Å². The molecule has 0 radical (unpaired) electrons. The molecular formula is C19H18ClN3O2. The van der Waals surface area contributed by atoms with Gasteiger partial charge < -0.3 is 15.7 Å². The van der Waals surface area contributed by atoms with Crippen molar-refractivity contribution in [3.05, 3.63) is 58.9 Å². The number of aromatic nitrogens is 1. The highest BCUT2D eigenvalue weighted by atomic mass is 35.5.